The Kier molecular flexibility index (Phi) is 29.2. The number of unbranched alkanes of at least 4 members (excludes halogenated alkanes) is 3. The van der Waals surface area contributed by atoms with Crippen molar-refractivity contribution < 1.29 is 47.4 Å². The van der Waals surface area contributed by atoms with Gasteiger partial charge in [-0.2, -0.15) is 0 Å². The predicted molar refractivity (Wildman–Crippen MR) is 155 cm³/mol. The number of alkyl halides is 1. The molecule has 240 valence electrons. The first kappa shape index (κ1) is 39.2. The largest absolute Gasteiger partial charge is 0.444 e. The number of amides is 1. The first-order valence-electron chi connectivity index (χ1n) is 14.5. The molecule has 0 unspecified atom stereocenters. The zero-order valence-electron chi connectivity index (χ0n) is 25.5. The number of carbonyl (C=O) groups excluding carboxylic acids is 1. The highest BCUT2D eigenvalue weighted by Gasteiger charge is 2.19. The summed E-state index contributed by atoms with van der Waals surface area (Å²) in [6, 6.07) is 0. The molecule has 0 atom stereocenters. The van der Waals surface area contributed by atoms with E-state index >= 15 is 0 Å². The number of nitrogens with zero attached hydrogens (tertiary/aromatic N) is 1. The molecule has 0 bridgehead atoms. The van der Waals surface area contributed by atoms with E-state index in [2.05, 4.69) is 0 Å². The van der Waals surface area contributed by atoms with E-state index < -0.39 is 5.60 Å². The molecular weight excluding hydrogens is 546 g/mol. The van der Waals surface area contributed by atoms with Gasteiger partial charge in [0.1, 0.15) is 5.60 Å². The Morgan fingerprint density at radius 1 is 0.525 bits per heavy atom. The Labute approximate surface area is 247 Å². The molecule has 11 nitrogen and oxygen atoms in total. The van der Waals surface area contributed by atoms with Crippen LogP contribution in [0.15, 0.2) is 0 Å². The third-order valence-electron chi connectivity index (χ3n) is 5.05. The second kappa shape index (κ2) is 29.7. The van der Waals surface area contributed by atoms with Gasteiger partial charge in [-0.1, -0.05) is 12.8 Å². The second-order valence-electron chi connectivity index (χ2n) is 9.90. The standard InChI is InChI=1S/C28H56ClNO10/c1-28(2,3)40-27(31)30(4)10-12-33-14-16-35-18-20-37-22-24-39-26-25-38-23-21-36-19-17-34-15-13-32-11-8-6-5-7-9-29/h5-26H2,1-4H3. The first-order valence-corrected chi connectivity index (χ1v) is 15.0. The summed E-state index contributed by atoms with van der Waals surface area (Å²) in [5.41, 5.74) is -0.504. The van der Waals surface area contributed by atoms with Gasteiger partial charge in [0.25, 0.3) is 0 Å². The molecule has 0 spiro atoms. The van der Waals surface area contributed by atoms with Gasteiger partial charge in [-0.3, -0.25) is 0 Å². The summed E-state index contributed by atoms with van der Waals surface area (Å²) < 4.78 is 49.1. The van der Waals surface area contributed by atoms with Crippen LogP contribution in [-0.2, 0) is 42.6 Å². The lowest BCUT2D eigenvalue weighted by molar-refractivity contribution is -0.0236. The zero-order chi connectivity index (χ0) is 29.6. The predicted octanol–water partition coefficient (Wildman–Crippen LogP) is 3.79. The Bertz CT molecular complexity index is 540. The molecule has 0 aromatic rings. The summed E-state index contributed by atoms with van der Waals surface area (Å²) in [6.45, 7) is 14.4. The molecule has 0 aliphatic rings. The van der Waals surface area contributed by atoms with Crippen LogP contribution in [0.25, 0.3) is 0 Å². The molecular formula is C28H56ClNO10. The Morgan fingerprint density at radius 2 is 0.850 bits per heavy atom. The normalized spacial score (nSPS) is 11.7. The third-order valence-corrected chi connectivity index (χ3v) is 5.32. The Hall–Kier alpha value is -0.760. The highest BCUT2D eigenvalue weighted by molar-refractivity contribution is 6.17. The molecule has 0 radical (unpaired) electrons. The average molecular weight is 602 g/mol. The van der Waals surface area contributed by atoms with Crippen molar-refractivity contribution in [3.05, 3.63) is 0 Å². The lowest BCUT2D eigenvalue weighted by atomic mass is 10.2. The number of halogens is 1. The summed E-state index contributed by atoms with van der Waals surface area (Å²) in [7, 11) is 1.68. The molecule has 12 heteroatoms. The van der Waals surface area contributed by atoms with Gasteiger partial charge in [-0.25, -0.2) is 4.79 Å². The van der Waals surface area contributed by atoms with Crippen LogP contribution in [0.4, 0.5) is 4.79 Å². The number of hydrogen-bond donors (Lipinski definition) is 0. The van der Waals surface area contributed by atoms with Gasteiger partial charge in [-0.05, 0) is 33.6 Å². The fourth-order valence-corrected chi connectivity index (χ4v) is 3.12. The molecule has 0 aliphatic carbocycles. The van der Waals surface area contributed by atoms with Crippen molar-refractivity contribution in [2.24, 2.45) is 0 Å². The van der Waals surface area contributed by atoms with E-state index in [1.807, 2.05) is 20.8 Å². The summed E-state index contributed by atoms with van der Waals surface area (Å²) >= 11 is 5.64. The molecule has 0 aromatic heterocycles. The van der Waals surface area contributed by atoms with Gasteiger partial charge in [0.05, 0.1) is 99.1 Å². The van der Waals surface area contributed by atoms with Gasteiger partial charge >= 0.3 is 6.09 Å². The van der Waals surface area contributed by atoms with Gasteiger partial charge in [0, 0.05) is 26.1 Å². The van der Waals surface area contributed by atoms with Crippen LogP contribution < -0.4 is 0 Å². The molecule has 0 N–H and O–H groups in total. The van der Waals surface area contributed by atoms with Crippen LogP contribution in [-0.4, -0.2) is 142 Å². The van der Waals surface area contributed by atoms with Gasteiger partial charge in [0.15, 0.2) is 0 Å². The van der Waals surface area contributed by atoms with E-state index in [0.717, 1.165) is 25.3 Å². The summed E-state index contributed by atoms with van der Waals surface area (Å²) in [4.78, 5) is 13.3. The summed E-state index contributed by atoms with van der Waals surface area (Å²) in [5, 5.41) is 0. The minimum Gasteiger partial charge on any atom is -0.444 e. The maximum atomic E-state index is 11.8. The van der Waals surface area contributed by atoms with Crippen LogP contribution in [0.5, 0.6) is 0 Å². The van der Waals surface area contributed by atoms with Crippen molar-refractivity contribution in [3.8, 4) is 0 Å². The van der Waals surface area contributed by atoms with Gasteiger partial charge in [0.2, 0.25) is 0 Å². The van der Waals surface area contributed by atoms with E-state index in [-0.39, 0.29) is 6.09 Å². The average Bonchev–Trinajstić information content (AvgIpc) is 2.91. The van der Waals surface area contributed by atoms with E-state index in [0.29, 0.717) is 106 Å². The Balaban J connectivity index is 3.15. The minimum atomic E-state index is -0.504. The monoisotopic (exact) mass is 601 g/mol. The minimum absolute atomic E-state index is 0.360. The maximum Gasteiger partial charge on any atom is 0.410 e. The fourth-order valence-electron chi connectivity index (χ4n) is 2.93. The number of carbonyl (C=O) groups is 1. The lowest BCUT2D eigenvalue weighted by Crippen LogP contribution is -2.36. The molecule has 0 saturated carbocycles. The fraction of sp³-hybridized carbons (Fsp3) is 0.964. The van der Waals surface area contributed by atoms with E-state index in [1.165, 1.54) is 17.7 Å². The van der Waals surface area contributed by atoms with Crippen LogP contribution in [0.1, 0.15) is 46.5 Å². The van der Waals surface area contributed by atoms with Crippen LogP contribution in [0, 0.1) is 0 Å². The molecule has 0 aliphatic heterocycles. The SMILES string of the molecule is CN(CCOCCOCCOCCOCCOCCOCCOCCOCCCCCCCl)C(=O)OC(C)(C)C. The topological polar surface area (TPSA) is 103 Å². The van der Waals surface area contributed by atoms with Crippen LogP contribution >= 0.6 is 11.6 Å². The van der Waals surface area contributed by atoms with Crippen LogP contribution in [0.2, 0.25) is 0 Å². The van der Waals surface area contributed by atoms with E-state index in [9.17, 15) is 4.79 Å². The summed E-state index contributed by atoms with van der Waals surface area (Å²) in [5.74, 6) is 0.742. The first-order chi connectivity index (χ1) is 19.4. The molecule has 0 aromatic carbocycles. The molecule has 0 heterocycles. The third kappa shape index (κ3) is 31.8. The molecule has 0 fully saturated rings. The van der Waals surface area contributed by atoms with Crippen molar-refractivity contribution in [3.63, 3.8) is 0 Å². The van der Waals surface area contributed by atoms with Gasteiger partial charge < -0.3 is 47.5 Å². The van der Waals surface area contributed by atoms with Crippen molar-refractivity contribution in [1.82, 2.24) is 4.90 Å². The highest BCUT2D eigenvalue weighted by Crippen LogP contribution is 2.08. The van der Waals surface area contributed by atoms with Gasteiger partial charge in [-0.15, -0.1) is 11.6 Å². The van der Waals surface area contributed by atoms with Crippen molar-refractivity contribution in [2.45, 2.75) is 52.1 Å². The van der Waals surface area contributed by atoms with Crippen molar-refractivity contribution in [2.75, 3.05) is 125 Å². The lowest BCUT2D eigenvalue weighted by Gasteiger charge is -2.24. The zero-order valence-corrected chi connectivity index (χ0v) is 26.2. The number of rotatable bonds is 30. The van der Waals surface area contributed by atoms with E-state index in [1.54, 1.807) is 7.05 Å². The summed E-state index contributed by atoms with van der Waals surface area (Å²) in [6.07, 6.45) is 4.13. The van der Waals surface area contributed by atoms with E-state index in [4.69, 9.17) is 54.2 Å². The molecule has 0 rings (SSSR count). The Morgan fingerprint density at radius 3 is 1.20 bits per heavy atom. The highest BCUT2D eigenvalue weighted by atomic mass is 35.5. The smallest absolute Gasteiger partial charge is 0.410 e. The molecule has 0 saturated heterocycles. The second-order valence-corrected chi connectivity index (χ2v) is 10.3. The van der Waals surface area contributed by atoms with Crippen molar-refractivity contribution in [1.29, 1.82) is 0 Å². The maximum absolute atomic E-state index is 11.8. The van der Waals surface area contributed by atoms with Crippen molar-refractivity contribution >= 4 is 17.7 Å². The quantitative estimate of drug-likeness (QED) is 0.0892. The number of likely N-dealkylation sites (N-methyl/N-ethyl adjacent to an activating group) is 1. The molecule has 1 amide bonds. The number of ether oxygens (including phenoxy) is 9. The number of hydrogen-bond acceptors (Lipinski definition) is 10. The molecule has 40 heavy (non-hydrogen) atoms. The van der Waals surface area contributed by atoms with Crippen LogP contribution in [0.3, 0.4) is 0 Å².